The largest absolute Gasteiger partial charge is 0.508 e. The summed E-state index contributed by atoms with van der Waals surface area (Å²) in [6.45, 7) is 11.9. The SMILES string of the molecule is CCO[Si](OCC)(OCC)C1CCNCCNCC1OC(C)=O. The molecular weight excluding hydrogens is 316 g/mol. The molecule has 2 unspecified atom stereocenters. The van der Waals surface area contributed by atoms with Crippen LogP contribution in [0.2, 0.25) is 5.54 Å². The second-order valence-electron chi connectivity index (χ2n) is 5.40. The molecule has 8 heteroatoms. The van der Waals surface area contributed by atoms with Crippen LogP contribution in [-0.2, 0) is 22.8 Å². The van der Waals surface area contributed by atoms with E-state index in [1.54, 1.807) is 0 Å². The van der Waals surface area contributed by atoms with E-state index in [1.165, 1.54) is 6.92 Å². The zero-order chi connectivity index (χ0) is 17.1. The normalized spacial score (nSPS) is 23.7. The van der Waals surface area contributed by atoms with Crippen molar-refractivity contribution in [2.75, 3.05) is 46.0 Å². The molecule has 0 aromatic carbocycles. The average Bonchev–Trinajstić information content (AvgIpc) is 2.60. The van der Waals surface area contributed by atoms with Crippen molar-refractivity contribution in [1.29, 1.82) is 0 Å². The lowest BCUT2D eigenvalue weighted by Gasteiger charge is -2.38. The Labute approximate surface area is 140 Å². The highest BCUT2D eigenvalue weighted by Crippen LogP contribution is 2.34. The quantitative estimate of drug-likeness (QED) is 0.499. The summed E-state index contributed by atoms with van der Waals surface area (Å²) in [7, 11) is -2.96. The summed E-state index contributed by atoms with van der Waals surface area (Å²) in [5, 5.41) is 6.71. The molecule has 1 rings (SSSR count). The number of carbonyl (C=O) groups is 1. The Morgan fingerprint density at radius 3 is 2.09 bits per heavy atom. The summed E-state index contributed by atoms with van der Waals surface area (Å²) >= 11 is 0. The van der Waals surface area contributed by atoms with Gasteiger partial charge in [-0.2, -0.15) is 0 Å². The fourth-order valence-corrected chi connectivity index (χ4v) is 6.16. The van der Waals surface area contributed by atoms with Gasteiger partial charge in [0.2, 0.25) is 0 Å². The van der Waals surface area contributed by atoms with Gasteiger partial charge in [0.25, 0.3) is 0 Å². The highest BCUT2D eigenvalue weighted by Gasteiger charge is 2.53. The van der Waals surface area contributed by atoms with Gasteiger partial charge in [-0.3, -0.25) is 4.79 Å². The summed E-state index contributed by atoms with van der Waals surface area (Å²) in [5.74, 6) is -0.290. The Morgan fingerprint density at radius 2 is 1.57 bits per heavy atom. The second kappa shape index (κ2) is 11.1. The molecule has 0 aromatic rings. The highest BCUT2D eigenvalue weighted by atomic mass is 28.4. The minimum atomic E-state index is -2.96. The summed E-state index contributed by atoms with van der Waals surface area (Å²) in [6, 6.07) is 0. The first-order valence-corrected chi connectivity index (χ1v) is 10.4. The van der Waals surface area contributed by atoms with Crippen molar-refractivity contribution in [3.63, 3.8) is 0 Å². The highest BCUT2D eigenvalue weighted by molar-refractivity contribution is 6.62. The molecule has 1 aliphatic heterocycles. The van der Waals surface area contributed by atoms with Crippen LogP contribution < -0.4 is 10.6 Å². The van der Waals surface area contributed by atoms with E-state index in [2.05, 4.69) is 10.6 Å². The van der Waals surface area contributed by atoms with Gasteiger partial charge in [-0.05, 0) is 33.7 Å². The van der Waals surface area contributed by atoms with Gasteiger partial charge in [0, 0.05) is 46.4 Å². The molecule has 0 amide bonds. The predicted molar refractivity (Wildman–Crippen MR) is 90.3 cm³/mol. The molecular formula is C15H32N2O5Si. The summed E-state index contributed by atoms with van der Waals surface area (Å²) in [5.41, 5.74) is -0.0932. The number of rotatable bonds is 8. The van der Waals surface area contributed by atoms with Crippen molar-refractivity contribution in [3.8, 4) is 0 Å². The third kappa shape index (κ3) is 6.48. The van der Waals surface area contributed by atoms with E-state index in [0.29, 0.717) is 26.4 Å². The minimum Gasteiger partial charge on any atom is -0.461 e. The Balaban J connectivity index is 3.10. The van der Waals surface area contributed by atoms with Crippen molar-refractivity contribution in [3.05, 3.63) is 0 Å². The van der Waals surface area contributed by atoms with E-state index in [1.807, 2.05) is 20.8 Å². The van der Waals surface area contributed by atoms with Crippen LogP contribution in [0.15, 0.2) is 0 Å². The molecule has 1 aliphatic rings. The first-order chi connectivity index (χ1) is 11.1. The number of nitrogens with one attached hydrogen (secondary N) is 2. The van der Waals surface area contributed by atoms with Crippen LogP contribution in [0.25, 0.3) is 0 Å². The van der Waals surface area contributed by atoms with E-state index in [0.717, 1.165) is 26.1 Å². The molecule has 1 saturated heterocycles. The van der Waals surface area contributed by atoms with E-state index >= 15 is 0 Å². The lowest BCUT2D eigenvalue weighted by atomic mass is 10.2. The monoisotopic (exact) mass is 348 g/mol. The molecule has 23 heavy (non-hydrogen) atoms. The molecule has 0 aromatic heterocycles. The van der Waals surface area contributed by atoms with Gasteiger partial charge in [0.05, 0.1) is 5.54 Å². The van der Waals surface area contributed by atoms with Crippen LogP contribution >= 0.6 is 0 Å². The molecule has 7 nitrogen and oxygen atoms in total. The zero-order valence-corrected chi connectivity index (χ0v) is 15.9. The van der Waals surface area contributed by atoms with E-state index in [9.17, 15) is 4.79 Å². The number of hydrogen-bond donors (Lipinski definition) is 2. The second-order valence-corrected chi connectivity index (χ2v) is 8.21. The van der Waals surface area contributed by atoms with Crippen molar-refractivity contribution in [2.24, 2.45) is 0 Å². The first kappa shape index (κ1) is 20.5. The third-order valence-electron chi connectivity index (χ3n) is 3.71. The van der Waals surface area contributed by atoms with Crippen LogP contribution in [0, 0.1) is 0 Å². The standard InChI is InChI=1S/C15H32N2O5Si/c1-5-19-23(20-6-2,21-7-3)15-8-9-16-10-11-17-12-14(15)22-13(4)18/h14-17H,5-12H2,1-4H3. The molecule has 136 valence electrons. The maximum atomic E-state index is 11.6. The van der Waals surface area contributed by atoms with Gasteiger partial charge in [-0.15, -0.1) is 0 Å². The van der Waals surface area contributed by atoms with Gasteiger partial charge >= 0.3 is 14.8 Å². The molecule has 2 atom stereocenters. The fraction of sp³-hybridized carbons (Fsp3) is 0.933. The number of carbonyl (C=O) groups excluding carboxylic acids is 1. The fourth-order valence-electron chi connectivity index (χ4n) is 2.92. The van der Waals surface area contributed by atoms with Crippen LogP contribution in [0.5, 0.6) is 0 Å². The lowest BCUT2D eigenvalue weighted by molar-refractivity contribution is -0.147. The Bertz CT molecular complexity index is 329. The van der Waals surface area contributed by atoms with Crippen molar-refractivity contribution in [2.45, 2.75) is 45.8 Å². The molecule has 0 bridgehead atoms. The van der Waals surface area contributed by atoms with Crippen LogP contribution in [0.4, 0.5) is 0 Å². The molecule has 0 radical (unpaired) electrons. The Kier molecular flexibility index (Phi) is 9.92. The Morgan fingerprint density at radius 1 is 1.00 bits per heavy atom. The number of esters is 1. The van der Waals surface area contributed by atoms with Gasteiger partial charge in [0.1, 0.15) is 6.10 Å². The number of hydrogen-bond acceptors (Lipinski definition) is 7. The maximum absolute atomic E-state index is 11.6. The molecule has 2 N–H and O–H groups in total. The molecule has 0 saturated carbocycles. The van der Waals surface area contributed by atoms with E-state index in [4.69, 9.17) is 18.0 Å². The van der Waals surface area contributed by atoms with E-state index in [-0.39, 0.29) is 17.6 Å². The van der Waals surface area contributed by atoms with Crippen LogP contribution in [0.3, 0.4) is 0 Å². The summed E-state index contributed by atoms with van der Waals surface area (Å²) < 4.78 is 23.7. The van der Waals surface area contributed by atoms with Gasteiger partial charge in [0.15, 0.2) is 0 Å². The Hall–Kier alpha value is -0.513. The van der Waals surface area contributed by atoms with Gasteiger partial charge in [-0.1, -0.05) is 0 Å². The topological polar surface area (TPSA) is 78.1 Å². The smallest absolute Gasteiger partial charge is 0.461 e. The van der Waals surface area contributed by atoms with Gasteiger partial charge < -0.3 is 28.6 Å². The molecule has 0 spiro atoms. The third-order valence-corrected chi connectivity index (χ3v) is 7.35. The minimum absolute atomic E-state index is 0.0932. The van der Waals surface area contributed by atoms with Crippen molar-refractivity contribution in [1.82, 2.24) is 10.6 Å². The molecule has 0 aliphatic carbocycles. The first-order valence-electron chi connectivity index (χ1n) is 8.60. The van der Waals surface area contributed by atoms with Crippen molar-refractivity contribution >= 4 is 14.8 Å². The predicted octanol–water partition coefficient (Wildman–Crippen LogP) is 0.920. The number of ether oxygens (including phenoxy) is 1. The van der Waals surface area contributed by atoms with E-state index < -0.39 is 8.80 Å². The van der Waals surface area contributed by atoms with Crippen LogP contribution in [-0.4, -0.2) is 66.9 Å². The lowest BCUT2D eigenvalue weighted by Crippen LogP contribution is -2.56. The molecule has 1 heterocycles. The summed E-state index contributed by atoms with van der Waals surface area (Å²) in [4.78, 5) is 11.6. The summed E-state index contributed by atoms with van der Waals surface area (Å²) in [6.07, 6.45) is 0.468. The average molecular weight is 349 g/mol. The molecule has 1 fully saturated rings. The van der Waals surface area contributed by atoms with Gasteiger partial charge in [-0.25, -0.2) is 0 Å². The van der Waals surface area contributed by atoms with Crippen molar-refractivity contribution < 1.29 is 22.8 Å². The maximum Gasteiger partial charge on any atom is 0.508 e. The van der Waals surface area contributed by atoms with Crippen LogP contribution in [0.1, 0.15) is 34.1 Å². The zero-order valence-electron chi connectivity index (χ0n) is 14.9.